The second kappa shape index (κ2) is 24.7. The zero-order valence-corrected chi connectivity index (χ0v) is 5.79. The number of hydrogen-bond donors (Lipinski definition) is 1. The van der Waals surface area contributed by atoms with Crippen LogP contribution in [0.3, 0.4) is 0 Å². The van der Waals surface area contributed by atoms with Crippen molar-refractivity contribution >= 4 is 10.4 Å². The van der Waals surface area contributed by atoms with Crippen LogP contribution in [0.4, 0.5) is 0 Å². The van der Waals surface area contributed by atoms with Crippen LogP contribution in [-0.4, -0.2) is 22.6 Å². The Labute approximate surface area is 38.9 Å². The van der Waals surface area contributed by atoms with Gasteiger partial charge in [0.05, 0.1) is 0 Å². The van der Waals surface area contributed by atoms with Crippen LogP contribution in [0, 0.1) is 0 Å². The Morgan fingerprint density at radius 1 is 1.83 bits per heavy atom. The van der Waals surface area contributed by atoms with E-state index in [0.29, 0.717) is 10.4 Å². The van der Waals surface area contributed by atoms with Gasteiger partial charge >= 0.3 is 0 Å². The molecule has 4 nitrogen and oxygen atoms in total. The van der Waals surface area contributed by atoms with Gasteiger partial charge in [0.2, 0.25) is 0 Å². The van der Waals surface area contributed by atoms with Crippen molar-refractivity contribution in [3.8, 4) is 0 Å². The summed E-state index contributed by atoms with van der Waals surface area (Å²) >= 11 is 0. The van der Waals surface area contributed by atoms with E-state index in [1.165, 1.54) is 0 Å². The van der Waals surface area contributed by atoms with Crippen molar-refractivity contribution in [2.24, 2.45) is 4.78 Å². The van der Waals surface area contributed by atoms with Gasteiger partial charge in [-0.25, -0.2) is 0 Å². The first-order valence-corrected chi connectivity index (χ1v) is 2.19. The summed E-state index contributed by atoms with van der Waals surface area (Å²) in [5.74, 6) is 0. The Bertz CT molecular complexity index is 48.8. The molecule has 0 fully saturated rings. The predicted molar refractivity (Wildman–Crippen MR) is 27.2 cm³/mol. The monoisotopic (exact) mass is 105 g/mol. The van der Waals surface area contributed by atoms with Crippen molar-refractivity contribution in [2.45, 2.75) is 0 Å². The Kier molecular flexibility index (Phi) is 37.4. The molecule has 0 aliphatic heterocycles. The molecule has 0 amide bonds. The van der Waals surface area contributed by atoms with Gasteiger partial charge in [0.1, 0.15) is 10.4 Å². The van der Waals surface area contributed by atoms with Gasteiger partial charge in [-0.1, -0.05) is 0 Å². The second-order valence-electron chi connectivity index (χ2n) is 0.289. The van der Waals surface area contributed by atoms with Crippen LogP contribution in [0.15, 0.2) is 4.78 Å². The van der Waals surface area contributed by atoms with Gasteiger partial charge in [0, 0.05) is 7.11 Å². The summed E-state index contributed by atoms with van der Waals surface area (Å²) in [5.41, 5.74) is 7.37. The minimum Gasteiger partial charge on any atom is -0.400 e. The molecule has 1 N–H and O–H groups in total. The van der Waals surface area contributed by atoms with Gasteiger partial charge in [-0.15, -0.1) is 4.78 Å². The van der Waals surface area contributed by atoms with Crippen molar-refractivity contribution in [3.63, 3.8) is 0 Å². The summed E-state index contributed by atoms with van der Waals surface area (Å²) in [6.45, 7) is 0. The highest BCUT2D eigenvalue weighted by Gasteiger charge is 1.28. The summed E-state index contributed by atoms with van der Waals surface area (Å²) in [4.78, 5) is 2.42. The fraction of sp³-hybridized carbons (Fsp3) is 1.00. The molecule has 0 unspecified atom stereocenters. The summed E-state index contributed by atoms with van der Waals surface area (Å²) in [6.07, 6.45) is 0. The highest BCUT2D eigenvalue weighted by molar-refractivity contribution is 6.05. The molecule has 0 aromatic rings. The van der Waals surface area contributed by atoms with Crippen LogP contribution in [0.25, 0.3) is 10.4 Å². The number of hydrogen-bond acceptors (Lipinski definition) is 2. The maximum absolute atomic E-state index is 7.37. The Morgan fingerprint density at radius 2 is 2.00 bits per heavy atom. The van der Waals surface area contributed by atoms with E-state index >= 15 is 0 Å². The molecule has 0 radical (unpaired) electrons. The molecule has 0 atom stereocenters. The van der Waals surface area contributed by atoms with Crippen LogP contribution >= 0.6 is 0 Å². The van der Waals surface area contributed by atoms with Gasteiger partial charge in [0.15, 0.2) is 0 Å². The number of aliphatic hydroxyl groups is 1. The van der Waals surface area contributed by atoms with Gasteiger partial charge < -0.3 is 5.11 Å². The maximum Gasteiger partial charge on any atom is 0.107 e. The highest BCUT2D eigenvalue weighted by Crippen LogP contribution is 1.44. The van der Waals surface area contributed by atoms with Crippen molar-refractivity contribution < 1.29 is 5.11 Å². The molecule has 0 rings (SSSR count). The first kappa shape index (κ1) is 9.09. The smallest absolute Gasteiger partial charge is 0.107 e. The highest BCUT2D eigenvalue weighted by atomic mass is 28.2. The van der Waals surface area contributed by atoms with Crippen LogP contribution in [0.5, 0.6) is 0 Å². The van der Waals surface area contributed by atoms with Crippen molar-refractivity contribution in [3.05, 3.63) is 10.4 Å². The van der Waals surface area contributed by atoms with E-state index in [1.807, 2.05) is 0 Å². The topological polar surface area (TPSA) is 69.0 Å². The lowest BCUT2D eigenvalue weighted by Gasteiger charge is -1.34. The Morgan fingerprint density at radius 3 is 2.00 bits per heavy atom. The van der Waals surface area contributed by atoms with Crippen LogP contribution in [0.1, 0.15) is 0 Å². The average molecular weight is 105 g/mol. The van der Waals surface area contributed by atoms with Crippen molar-refractivity contribution in [2.75, 3.05) is 7.11 Å². The van der Waals surface area contributed by atoms with Gasteiger partial charge in [-0.2, -0.15) is 0 Å². The molecule has 0 aliphatic carbocycles. The minimum atomic E-state index is 0.598. The molecule has 0 aromatic carbocycles. The van der Waals surface area contributed by atoms with Gasteiger partial charge in [-0.3, -0.25) is 0 Å². The number of nitrogens with zero attached hydrogens (tertiary/aromatic N) is 3. The molecule has 0 saturated carbocycles. The Hall–Kier alpha value is -0.513. The normalized spacial score (nSPS) is 4.33. The minimum absolute atomic E-state index is 0.598. The first-order valence-electron chi connectivity index (χ1n) is 1.29. The zero-order chi connectivity index (χ0) is 5.41. The van der Waals surface area contributed by atoms with Gasteiger partial charge in [0.25, 0.3) is 0 Å². The van der Waals surface area contributed by atoms with Crippen molar-refractivity contribution in [1.29, 1.82) is 0 Å². The van der Waals surface area contributed by atoms with E-state index in [2.05, 4.69) is 9.69 Å². The quantitative estimate of drug-likeness (QED) is 0.186. The zero-order valence-electron chi connectivity index (χ0n) is 3.79. The lowest BCUT2D eigenvalue weighted by Crippen LogP contribution is -1.30. The van der Waals surface area contributed by atoms with Gasteiger partial charge in [-0.05, 0) is 10.4 Å². The molecular weight excluding hydrogens is 98.1 g/mol. The molecule has 0 spiro atoms. The SMILES string of the molecule is CO.[N-]=[N+]=N[SiH3]. The van der Waals surface area contributed by atoms with E-state index < -0.39 is 0 Å². The fourth-order valence-corrected chi connectivity index (χ4v) is 0. The summed E-state index contributed by atoms with van der Waals surface area (Å²) < 4.78 is 3.06. The third-order valence-corrected chi connectivity index (χ3v) is 0.268. The molecular formula is CH7N3OSi. The fourth-order valence-electron chi connectivity index (χ4n) is 0. The third-order valence-electron chi connectivity index (χ3n) is 0.0894. The van der Waals surface area contributed by atoms with E-state index in [4.69, 9.17) is 10.6 Å². The number of azide groups is 1. The molecule has 0 aliphatic rings. The summed E-state index contributed by atoms with van der Waals surface area (Å²) in [6, 6.07) is 0. The van der Waals surface area contributed by atoms with E-state index in [-0.39, 0.29) is 0 Å². The largest absolute Gasteiger partial charge is 0.400 e. The Balaban J connectivity index is 0. The molecule has 0 saturated heterocycles. The van der Waals surface area contributed by atoms with E-state index in [9.17, 15) is 0 Å². The molecule has 6 heavy (non-hydrogen) atoms. The lowest BCUT2D eigenvalue weighted by atomic mass is 11.8. The molecule has 36 valence electrons. The van der Waals surface area contributed by atoms with Crippen molar-refractivity contribution in [1.82, 2.24) is 0 Å². The number of aliphatic hydroxyl groups excluding tert-OH is 1. The van der Waals surface area contributed by atoms with E-state index in [1.54, 1.807) is 0 Å². The third kappa shape index (κ3) is 91.0. The van der Waals surface area contributed by atoms with Crippen LogP contribution < -0.4 is 0 Å². The molecule has 0 aromatic heterocycles. The number of rotatable bonds is 0. The molecule has 0 heterocycles. The lowest BCUT2D eigenvalue weighted by molar-refractivity contribution is 0.399. The summed E-state index contributed by atoms with van der Waals surface area (Å²) in [7, 11) is 1.60. The molecule has 5 heteroatoms. The van der Waals surface area contributed by atoms with E-state index in [0.717, 1.165) is 7.11 Å². The maximum atomic E-state index is 7.37. The first-order chi connectivity index (χ1) is 2.91. The molecule has 0 bridgehead atoms. The average Bonchev–Trinajstić information content (AvgIpc) is 1.72. The standard InChI is InChI=1S/CH4O.H3N3Si/c1-2;1-2-3-4/h2H,1H3;4H3. The second-order valence-corrected chi connectivity index (χ2v) is 0.689. The van der Waals surface area contributed by atoms with Crippen LogP contribution in [-0.2, 0) is 0 Å². The predicted octanol–water partition coefficient (Wildman–Crippen LogP) is -0.814. The van der Waals surface area contributed by atoms with Crippen LogP contribution in [0.2, 0.25) is 0 Å². The summed E-state index contributed by atoms with van der Waals surface area (Å²) in [5, 5.41) is 7.00.